The van der Waals surface area contributed by atoms with Gasteiger partial charge in [0, 0.05) is 27.6 Å². The maximum absolute atomic E-state index is 5.00. The Hall–Kier alpha value is -8.32. The van der Waals surface area contributed by atoms with Gasteiger partial charge in [0.25, 0.3) is 0 Å². The molecule has 0 atom stereocenters. The highest BCUT2D eigenvalue weighted by atomic mass is 14.5. The lowest BCUT2D eigenvalue weighted by molar-refractivity contribution is 0.396. The average Bonchev–Trinajstić information content (AvgIpc) is 1.52. The van der Waals surface area contributed by atoms with Crippen molar-refractivity contribution in [3.8, 4) is 66.8 Å². The quantitative estimate of drug-likeness (QED) is 0.0333. The fourth-order valence-corrected chi connectivity index (χ4v) is 28.0. The summed E-state index contributed by atoms with van der Waals surface area (Å²) in [5.41, 5.74) is 40.1. The van der Waals surface area contributed by atoms with E-state index in [1.165, 1.54) is 481 Å². The lowest BCUT2D eigenvalue weighted by Gasteiger charge is -2.36. The summed E-state index contributed by atoms with van der Waals surface area (Å²) in [4.78, 5) is 0. The fraction of sp³-hybridized carbons (Fsp3) is 0.536. The number of rotatable bonds is 58. The van der Waals surface area contributed by atoms with Crippen LogP contribution in [0, 0.1) is 41.5 Å². The molecule has 0 heteroatoms. The Morgan fingerprint density at radius 1 is 0.181 bits per heavy atom. The summed E-state index contributed by atoms with van der Waals surface area (Å²) in [7, 11) is 0. The minimum Gasteiger partial charge on any atom is -0.0654 e. The zero-order valence-electron chi connectivity index (χ0n) is 93.9. The molecule has 0 fully saturated rings. The van der Waals surface area contributed by atoms with Crippen molar-refractivity contribution in [3.63, 3.8) is 0 Å². The normalized spacial score (nSPS) is 14.2. The van der Waals surface area contributed by atoms with Crippen molar-refractivity contribution < 1.29 is 5.94 Å². The smallest absolute Gasteiger partial charge is 0.0218 e. The van der Waals surface area contributed by atoms with E-state index in [2.05, 4.69) is 279 Å². The van der Waals surface area contributed by atoms with Crippen LogP contribution in [0.15, 0.2) is 182 Å². The van der Waals surface area contributed by atoms with E-state index in [1.807, 2.05) is 0 Å². The van der Waals surface area contributed by atoms with Crippen LogP contribution in [0.1, 0.15) is 499 Å². The monoisotopic (exact) mass is 1850 g/mol. The Labute approximate surface area is 848 Å². The summed E-state index contributed by atoms with van der Waals surface area (Å²) in [5.74, 6) is 0. The van der Waals surface area contributed by atoms with Crippen LogP contribution in [0.3, 0.4) is 0 Å². The Bertz CT molecular complexity index is 5730. The minimum absolute atomic E-state index is 0.0184. The summed E-state index contributed by atoms with van der Waals surface area (Å²) in [6.45, 7) is 33.4. The van der Waals surface area contributed by atoms with Crippen LogP contribution in [-0.4, -0.2) is 0 Å². The Balaban J connectivity index is 0.000000231. The first-order valence-electron chi connectivity index (χ1n) is 60.4. The van der Waals surface area contributed by atoms with Crippen molar-refractivity contribution >= 4 is 43.1 Å². The topological polar surface area (TPSA) is 0 Å². The molecule has 0 radical (unpaired) electrons. The molecule has 0 aliphatic heterocycles. The average molecular weight is 1850 g/mol. The molecule has 12 aromatic rings. The third-order valence-corrected chi connectivity index (χ3v) is 35.3. The van der Waals surface area contributed by atoms with E-state index in [0.29, 0.717) is 0 Å². The molecule has 4 aliphatic carbocycles. The highest BCUT2D eigenvalue weighted by molar-refractivity contribution is 6.11. The van der Waals surface area contributed by atoms with E-state index in [-0.39, 0.29) is 21.7 Å². The van der Waals surface area contributed by atoms with Crippen molar-refractivity contribution in [2.45, 2.75) is 478 Å². The van der Waals surface area contributed by atoms with Crippen LogP contribution in [0.5, 0.6) is 0 Å². The molecule has 0 amide bonds. The van der Waals surface area contributed by atoms with Crippen LogP contribution >= 0.6 is 0 Å². The molecular formula is C138H188. The van der Waals surface area contributed by atoms with Crippen molar-refractivity contribution in [1.82, 2.24) is 0 Å². The maximum Gasteiger partial charge on any atom is 0.0218 e. The molecule has 0 nitrogen and oxygen atoms in total. The van der Waals surface area contributed by atoms with Crippen LogP contribution in [0.25, 0.3) is 110 Å². The number of unbranched alkanes of at least 4 members (excludes halogenated alkanes) is 40. The number of aryl methyl sites for hydroxylation is 4. The summed E-state index contributed by atoms with van der Waals surface area (Å²) in [5, 5.41) is 11.5. The number of fused-ring (bicyclic) bond motifs is 20. The van der Waals surface area contributed by atoms with Gasteiger partial charge in [-0.15, -0.1) is 0 Å². The molecule has 740 valence electrons. The lowest BCUT2D eigenvalue weighted by atomic mass is 9.67. The van der Waals surface area contributed by atoms with Gasteiger partial charge in [0.1, 0.15) is 0 Å². The molecule has 16 rings (SSSR count). The zero-order chi connectivity index (χ0) is 100. The Kier molecular flexibility index (Phi) is 37.1. The van der Waals surface area contributed by atoms with Crippen molar-refractivity contribution in [3.05, 3.63) is 260 Å². The molecule has 0 spiro atoms. The molecule has 0 N–H and O–H groups in total. The standard InChI is InChI=1S/C70H94.C68H90.2H2/c1-9-13-17-21-25-33-45-69(46-34-26-22-18-14-10-2)63-49-51(5)55-37-29-31-39-59(55)65(63)61-43-41-57(53(7)67(61)69)58-42-44-62-66-60-40-32-30-38-56(60)52(6)50-64(66)70(68(62)54(58)8,47-35-27-23-19-15-11-3)48-36-28-24-20-16-12-4;1-7-11-15-19-23-31-43-67(44-32-24-20-16-12-8-2)61-47-51(5)39-41-58(61)66-57-38-30-28-36-55(57)60(50-64(66)67)53-40-42-59-62(49-53)68(45-33-25-21-17-13-9-3,46-34-26-22-18-14-10-4)63-48-52(6)54-35-27-29-37-56(54)65(59)63;;/h29-32,37-44,49-50H,9-28,33-36,45-48H2,1-8H3;27-30,35-42,47-50H,7-26,31-34,43-46H2,1-6H3;2*1H/i;;2*1+1D. The second kappa shape index (κ2) is 50.6. The minimum atomic E-state index is 0.0184. The van der Waals surface area contributed by atoms with E-state index in [4.69, 9.17) is 5.94 Å². The molecule has 0 saturated carbocycles. The Morgan fingerprint density at radius 2 is 0.406 bits per heavy atom. The molecule has 0 saturated heterocycles. The SMILES string of the molecule is CCCCCCCCC1(CCCCCCCC)c2cc(-c3cc4c(c5ccccc35)-c3ccc(C)cc3C4(CCCCCCCC)CCCCCCCC)ccc2-c2c1cc(C)c1ccccc21.CCCCCCCCC1(CCCCCCCC)c2cc(C)c3ccccc3c2-c2ccc(-c3ccc4c(c3C)C(CCCCCCCC)(CCCCCCCC)c3cc(C)c5ccccc5c3-4)c(C)c21.[2H][2H].[2H][2H]. The highest BCUT2D eigenvalue weighted by Gasteiger charge is 2.50. The predicted molar refractivity (Wildman–Crippen MR) is 615 cm³/mol. The van der Waals surface area contributed by atoms with Crippen LogP contribution in [0.4, 0.5) is 0 Å². The Morgan fingerprint density at radius 3 is 0.717 bits per heavy atom. The molecule has 0 bridgehead atoms. The van der Waals surface area contributed by atoms with Gasteiger partial charge < -0.3 is 0 Å². The summed E-state index contributed by atoms with van der Waals surface area (Å²) < 4.78 is 20.0. The summed E-state index contributed by atoms with van der Waals surface area (Å²) in [6.07, 6.45) is 74.4. The van der Waals surface area contributed by atoms with Crippen LogP contribution < -0.4 is 0 Å². The van der Waals surface area contributed by atoms with Gasteiger partial charge in [0.15, 0.2) is 0 Å². The van der Waals surface area contributed by atoms with Crippen LogP contribution in [0.2, 0.25) is 0 Å². The van der Waals surface area contributed by atoms with Gasteiger partial charge in [-0.05, 0) is 287 Å². The van der Waals surface area contributed by atoms with E-state index >= 15 is 0 Å². The van der Waals surface area contributed by atoms with E-state index in [1.54, 1.807) is 66.8 Å². The first kappa shape index (κ1) is 101. The molecule has 12 aromatic carbocycles. The number of hydrogen-bond donors (Lipinski definition) is 0. The second-order valence-corrected chi connectivity index (χ2v) is 45.0. The van der Waals surface area contributed by atoms with Gasteiger partial charge >= 0.3 is 0 Å². The van der Waals surface area contributed by atoms with Gasteiger partial charge in [-0.25, -0.2) is 0 Å². The molecule has 0 unspecified atom stereocenters. The largest absolute Gasteiger partial charge is 0.0654 e. The van der Waals surface area contributed by atoms with E-state index in [0.717, 1.165) is 0 Å². The predicted octanol–water partition coefficient (Wildman–Crippen LogP) is 44.7. The van der Waals surface area contributed by atoms with Crippen molar-refractivity contribution in [1.29, 1.82) is 0 Å². The molecular weight excluding hydrogens is 1660 g/mol. The van der Waals surface area contributed by atoms with Crippen molar-refractivity contribution in [2.75, 3.05) is 0 Å². The zero-order valence-corrected chi connectivity index (χ0v) is 89.9. The summed E-state index contributed by atoms with van der Waals surface area (Å²) in [6, 6.07) is 74.3. The molecule has 4 aliphatic rings. The van der Waals surface area contributed by atoms with Gasteiger partial charge in [-0.1, -0.05) is 539 Å². The first-order valence-corrected chi connectivity index (χ1v) is 58.4. The highest BCUT2D eigenvalue weighted by Crippen LogP contribution is 2.65. The van der Waals surface area contributed by atoms with E-state index in [9.17, 15) is 0 Å². The number of benzene rings is 12. The third-order valence-electron chi connectivity index (χ3n) is 35.3. The second-order valence-electron chi connectivity index (χ2n) is 45.0. The van der Waals surface area contributed by atoms with Gasteiger partial charge in [0.05, 0.1) is 0 Å². The molecule has 138 heavy (non-hydrogen) atoms. The first-order chi connectivity index (χ1) is 69.7. The van der Waals surface area contributed by atoms with Gasteiger partial charge in [-0.2, -0.15) is 0 Å². The number of hydrogen-bond acceptors (Lipinski definition) is 0. The summed E-state index contributed by atoms with van der Waals surface area (Å²) >= 11 is 0. The van der Waals surface area contributed by atoms with Crippen LogP contribution in [-0.2, 0) is 21.7 Å². The van der Waals surface area contributed by atoms with Gasteiger partial charge in [-0.3, -0.25) is 0 Å². The maximum atomic E-state index is 5.00. The van der Waals surface area contributed by atoms with Gasteiger partial charge in [0.2, 0.25) is 0 Å². The lowest BCUT2D eigenvalue weighted by Crippen LogP contribution is -2.27. The third kappa shape index (κ3) is 22.2. The fourth-order valence-electron chi connectivity index (χ4n) is 28.0. The van der Waals surface area contributed by atoms with E-state index < -0.39 is 0 Å². The molecule has 0 aromatic heterocycles. The van der Waals surface area contributed by atoms with Crippen molar-refractivity contribution in [2.24, 2.45) is 0 Å². The molecule has 0 heterocycles.